The number of alkyl carbamates (subject to hydrolysis) is 1. The molecule has 304 valence electrons. The average Bonchev–Trinajstić information content (AvgIpc) is 3.51. The van der Waals surface area contributed by atoms with Gasteiger partial charge < -0.3 is 40.6 Å². The van der Waals surface area contributed by atoms with Crippen molar-refractivity contribution in [2.24, 2.45) is 17.8 Å². The number of carbonyl (C=O) groups excluding carboxylic acids is 3. The number of hydrogen-bond acceptors (Lipinski definition) is 9. The van der Waals surface area contributed by atoms with Crippen LogP contribution in [0.2, 0.25) is 0 Å². The first-order chi connectivity index (χ1) is 25.8. The molecule has 0 aliphatic rings. The third-order valence-corrected chi connectivity index (χ3v) is 11.5. The number of carboxylic acids is 1. The maximum absolute atomic E-state index is 13.7. The zero-order valence-electron chi connectivity index (χ0n) is 32.1. The molecule has 0 saturated carbocycles. The molecule has 0 radical (unpaired) electrons. The fraction of sp³-hybridized carbons (Fsp3) is 0.500. The number of aliphatic carboxylic acids is 1. The third kappa shape index (κ3) is 15.8. The molecule has 1 heterocycles. The number of sulfonamides is 1. The van der Waals surface area contributed by atoms with Crippen LogP contribution in [0.15, 0.2) is 60.8 Å². The molecule has 2 aromatic carbocycles. The van der Waals surface area contributed by atoms with Crippen molar-refractivity contribution in [2.75, 3.05) is 19.0 Å². The minimum absolute atomic E-state index is 0.0120. The lowest BCUT2D eigenvalue weighted by molar-refractivity contribution is -0.142. The number of carbonyl (C=O) groups is 4. The molecule has 3 aromatic rings. The number of ether oxygens (including phenoxy) is 1. The van der Waals surface area contributed by atoms with Crippen molar-refractivity contribution in [3.63, 3.8) is 0 Å². The molecule has 0 aliphatic heterocycles. The highest BCUT2D eigenvalue weighted by molar-refractivity contribution is 7.88. The van der Waals surface area contributed by atoms with Crippen LogP contribution in [0.5, 0.6) is 0 Å². The van der Waals surface area contributed by atoms with Crippen molar-refractivity contribution >= 4 is 57.6 Å². The van der Waals surface area contributed by atoms with Gasteiger partial charge in [0.1, 0.15) is 26.0 Å². The minimum Gasteiger partial charge on any atom is -0.480 e. The molecule has 1 unspecified atom stereocenters. The van der Waals surface area contributed by atoms with Crippen LogP contribution >= 0.6 is 7.34 Å². The summed E-state index contributed by atoms with van der Waals surface area (Å²) in [5.74, 6) is -4.01. The molecule has 55 heavy (non-hydrogen) atoms. The molecular formula is C38H56N5O10PS. The summed E-state index contributed by atoms with van der Waals surface area (Å²) in [6.07, 6.45) is 2.46. The largest absolute Gasteiger partial charge is 0.480 e. The molecular weight excluding hydrogens is 749 g/mol. The number of unbranched alkanes of at least 4 members (excludes halogenated alkanes) is 1. The number of carboxylic acid groups (broad SMARTS) is 1. The summed E-state index contributed by atoms with van der Waals surface area (Å²) in [5, 5.41) is 18.7. The quantitative estimate of drug-likeness (QED) is 0.0535. The molecule has 3 amide bonds. The predicted molar refractivity (Wildman–Crippen MR) is 214 cm³/mol. The normalized spacial score (nSPS) is 13.6. The van der Waals surface area contributed by atoms with E-state index in [0.717, 1.165) is 22.7 Å². The second kappa shape index (κ2) is 21.2. The zero-order chi connectivity index (χ0) is 40.8. The lowest BCUT2D eigenvalue weighted by Gasteiger charge is -2.28. The number of aromatic amines is 1. The number of nitrogens with one attached hydrogen (secondary N) is 5. The Balaban J connectivity index is 1.73. The number of H-pyrrole nitrogens is 1. The first-order valence-corrected chi connectivity index (χ1v) is 22.1. The molecule has 17 heteroatoms. The molecule has 15 nitrogen and oxygen atoms in total. The summed E-state index contributed by atoms with van der Waals surface area (Å²) < 4.78 is 32.0. The smallest absolute Gasteiger partial charge is 0.407 e. The molecule has 0 bridgehead atoms. The number of amides is 3. The topological polar surface area (TPSA) is 236 Å². The van der Waals surface area contributed by atoms with E-state index < -0.39 is 65.4 Å². The Morgan fingerprint density at radius 3 is 2.20 bits per heavy atom. The van der Waals surface area contributed by atoms with Crippen LogP contribution in [0.3, 0.4) is 0 Å². The Bertz CT molecular complexity index is 1910. The first kappa shape index (κ1) is 45.2. The Labute approximate surface area is 323 Å². The van der Waals surface area contributed by atoms with Gasteiger partial charge in [0, 0.05) is 42.1 Å². The zero-order valence-corrected chi connectivity index (χ0v) is 33.8. The average molecular weight is 806 g/mol. The summed E-state index contributed by atoms with van der Waals surface area (Å²) in [6, 6.07) is 13.9. The van der Waals surface area contributed by atoms with E-state index in [0.29, 0.717) is 18.4 Å². The predicted octanol–water partition coefficient (Wildman–Crippen LogP) is 4.08. The summed E-state index contributed by atoms with van der Waals surface area (Å²) in [6.45, 7) is 7.60. The van der Waals surface area contributed by atoms with E-state index in [9.17, 15) is 42.5 Å². The van der Waals surface area contributed by atoms with E-state index in [4.69, 9.17) is 4.74 Å². The fourth-order valence-electron chi connectivity index (χ4n) is 6.10. The van der Waals surface area contributed by atoms with Crippen molar-refractivity contribution in [1.82, 2.24) is 25.7 Å². The van der Waals surface area contributed by atoms with Crippen molar-refractivity contribution in [3.8, 4) is 0 Å². The van der Waals surface area contributed by atoms with Gasteiger partial charge in [-0.05, 0) is 61.1 Å². The number of rotatable bonds is 22. The van der Waals surface area contributed by atoms with E-state index in [-0.39, 0.29) is 56.1 Å². The van der Waals surface area contributed by atoms with Crippen LogP contribution in [-0.4, -0.2) is 88.6 Å². The highest BCUT2D eigenvalue weighted by Gasteiger charge is 2.33. The number of para-hydroxylation sites is 1. The third-order valence-electron chi connectivity index (χ3n) is 8.69. The molecule has 1 aromatic heterocycles. The molecule has 0 aliphatic carbocycles. The Hall–Kier alpha value is -4.21. The lowest BCUT2D eigenvalue weighted by atomic mass is 9.97. The van der Waals surface area contributed by atoms with Gasteiger partial charge in [-0.3, -0.25) is 9.59 Å². The van der Waals surface area contributed by atoms with Crippen LogP contribution in [0.4, 0.5) is 4.79 Å². The fourth-order valence-corrected chi connectivity index (χ4v) is 8.94. The van der Waals surface area contributed by atoms with Crippen LogP contribution in [-0.2, 0) is 42.2 Å². The van der Waals surface area contributed by atoms with Gasteiger partial charge in [0.15, 0.2) is 0 Å². The van der Waals surface area contributed by atoms with E-state index in [1.807, 2.05) is 68.4 Å². The molecule has 0 spiro atoms. The first-order valence-electron chi connectivity index (χ1n) is 18.4. The molecule has 8 N–H and O–H groups in total. The number of hydrogen-bond donors (Lipinski definition) is 8. The SMILES string of the molecule is CC(C)CC(NC(=O)[C@H](CCCCNC(=O)OCc1ccccc1)NS(C)(=O)=O)=P(O)(O)CC(CC(C)C)C(=O)N[C@@H](Cc1c[nH]c2ccccc12)C(=O)O. The highest BCUT2D eigenvalue weighted by atomic mass is 32.2. The summed E-state index contributed by atoms with van der Waals surface area (Å²) >= 11 is 0. The molecule has 0 saturated heterocycles. The Morgan fingerprint density at radius 2 is 1.56 bits per heavy atom. The standard InChI is InChI=1S/C38H56N5O10PS/c1-25(2)19-29(35(44)41-33(37(46)47)21-28-22-40-31-16-10-9-15-30(28)31)24-54(49,50)34(20-26(3)4)42-36(45)32(43-55(5,51)52)17-11-12-18-39-38(48)53-23-27-13-7-6-8-14-27/h6-10,13-16,22,25-26,29,32-33,40,43,49-50H,11-12,17-21,23-24H2,1-5H3,(H,39,48)(H,41,44)(H,42,45)(H,46,47)/t29?,32-,33-/m0/s1. The maximum Gasteiger partial charge on any atom is 0.407 e. The van der Waals surface area contributed by atoms with Gasteiger partial charge in [-0.2, -0.15) is 0 Å². The number of fused-ring (bicyclic) bond motifs is 1. The van der Waals surface area contributed by atoms with Crippen LogP contribution in [0.1, 0.15) is 70.9 Å². The molecule has 3 atom stereocenters. The molecule has 0 fully saturated rings. The second-order valence-electron chi connectivity index (χ2n) is 14.7. The van der Waals surface area contributed by atoms with Gasteiger partial charge in [-0.1, -0.05) is 76.2 Å². The van der Waals surface area contributed by atoms with Gasteiger partial charge in [0.05, 0.1) is 11.7 Å². The van der Waals surface area contributed by atoms with Crippen molar-refractivity contribution in [2.45, 2.75) is 84.9 Å². The monoisotopic (exact) mass is 805 g/mol. The highest BCUT2D eigenvalue weighted by Crippen LogP contribution is 2.43. The lowest BCUT2D eigenvalue weighted by Crippen LogP contribution is -2.49. The van der Waals surface area contributed by atoms with Gasteiger partial charge in [0.25, 0.3) is 0 Å². The van der Waals surface area contributed by atoms with E-state index >= 15 is 0 Å². The van der Waals surface area contributed by atoms with E-state index in [1.165, 1.54) is 0 Å². The van der Waals surface area contributed by atoms with Crippen LogP contribution in [0, 0.1) is 17.8 Å². The Morgan fingerprint density at radius 1 is 0.891 bits per heavy atom. The van der Waals surface area contributed by atoms with Crippen molar-refractivity contribution in [1.29, 1.82) is 0 Å². The van der Waals surface area contributed by atoms with Gasteiger partial charge in [-0.15, -0.1) is 0 Å². The Kier molecular flexibility index (Phi) is 17.4. The second-order valence-corrected chi connectivity index (χ2v) is 18.8. The van der Waals surface area contributed by atoms with Gasteiger partial charge in [0.2, 0.25) is 21.8 Å². The van der Waals surface area contributed by atoms with E-state index in [1.54, 1.807) is 20.0 Å². The number of aromatic nitrogens is 1. The summed E-state index contributed by atoms with van der Waals surface area (Å²) in [5.41, 5.74) is 2.22. The van der Waals surface area contributed by atoms with Crippen molar-refractivity contribution in [3.05, 3.63) is 71.9 Å². The van der Waals surface area contributed by atoms with Crippen LogP contribution < -0.4 is 20.7 Å². The summed E-state index contributed by atoms with van der Waals surface area (Å²) in [7, 11) is -8.09. The van der Waals surface area contributed by atoms with Gasteiger partial charge in [-0.25, -0.2) is 22.7 Å². The number of benzene rings is 2. The summed E-state index contributed by atoms with van der Waals surface area (Å²) in [4.78, 5) is 78.1. The molecule has 3 rings (SSSR count). The minimum atomic E-state index is -4.22. The van der Waals surface area contributed by atoms with Crippen LogP contribution in [0.25, 0.3) is 10.9 Å². The van der Waals surface area contributed by atoms with E-state index in [2.05, 4.69) is 25.7 Å². The van der Waals surface area contributed by atoms with Crippen molar-refractivity contribution < 1.29 is 47.2 Å². The maximum atomic E-state index is 13.7. The van der Waals surface area contributed by atoms with Gasteiger partial charge >= 0.3 is 12.1 Å².